The first kappa shape index (κ1) is 24.8. The monoisotopic (exact) mass is 427 g/mol. The molecular formula is C17H33NO11. The zero-order valence-electron chi connectivity index (χ0n) is 16.3. The summed E-state index contributed by atoms with van der Waals surface area (Å²) in [4.78, 5) is 0. The predicted molar refractivity (Wildman–Crippen MR) is 95.5 cm³/mol. The molecule has 2 aliphatic heterocycles. The van der Waals surface area contributed by atoms with E-state index >= 15 is 0 Å². The molecule has 2 aliphatic rings. The molecular weight excluding hydrogens is 394 g/mol. The van der Waals surface area contributed by atoms with E-state index in [4.69, 9.17) is 24.1 Å². The highest BCUT2D eigenvalue weighted by Gasteiger charge is 2.44. The van der Waals surface area contributed by atoms with Crippen molar-refractivity contribution in [3.8, 4) is 0 Å². The largest absolute Gasteiger partial charge is 0.394 e. The summed E-state index contributed by atoms with van der Waals surface area (Å²) in [6, 6.07) is 0. The van der Waals surface area contributed by atoms with E-state index in [1.807, 2.05) is 0 Å². The summed E-state index contributed by atoms with van der Waals surface area (Å²) >= 11 is 0. The third kappa shape index (κ3) is 6.50. The second kappa shape index (κ2) is 11.8. The molecule has 8 N–H and O–H groups in total. The number of hydrogen-bond acceptors (Lipinski definition) is 12. The molecule has 12 nitrogen and oxygen atoms in total. The number of hydrogen-bond donors (Lipinski definition) is 8. The van der Waals surface area contributed by atoms with E-state index in [0.29, 0.717) is 19.5 Å². The second-order valence-corrected chi connectivity index (χ2v) is 7.22. The van der Waals surface area contributed by atoms with Crippen molar-refractivity contribution >= 4 is 0 Å². The third-order valence-corrected chi connectivity index (χ3v) is 5.00. The van der Waals surface area contributed by atoms with Crippen LogP contribution >= 0.6 is 0 Å². The molecule has 0 unspecified atom stereocenters. The van der Waals surface area contributed by atoms with Crippen molar-refractivity contribution in [1.29, 1.82) is 0 Å². The van der Waals surface area contributed by atoms with Crippen LogP contribution in [0.3, 0.4) is 0 Å². The van der Waals surface area contributed by atoms with E-state index in [9.17, 15) is 30.6 Å². The summed E-state index contributed by atoms with van der Waals surface area (Å²) < 4.78 is 21.3. The van der Waals surface area contributed by atoms with Crippen LogP contribution in [0.15, 0.2) is 0 Å². The van der Waals surface area contributed by atoms with Gasteiger partial charge in [-0.25, -0.2) is 0 Å². The van der Waals surface area contributed by atoms with E-state index in [2.05, 4.69) is 5.32 Å². The minimum Gasteiger partial charge on any atom is -0.394 e. The molecule has 2 fully saturated rings. The van der Waals surface area contributed by atoms with Gasteiger partial charge in [-0.05, 0) is 19.9 Å². The molecule has 0 aromatic heterocycles. The molecule has 0 aromatic rings. The Morgan fingerprint density at radius 1 is 0.724 bits per heavy atom. The van der Waals surface area contributed by atoms with Crippen LogP contribution in [0.2, 0.25) is 0 Å². The summed E-state index contributed by atoms with van der Waals surface area (Å²) in [7, 11) is 0. The van der Waals surface area contributed by atoms with Gasteiger partial charge in [0.15, 0.2) is 12.6 Å². The van der Waals surface area contributed by atoms with Gasteiger partial charge >= 0.3 is 0 Å². The summed E-state index contributed by atoms with van der Waals surface area (Å²) in [5.74, 6) is 0. The van der Waals surface area contributed by atoms with E-state index in [1.165, 1.54) is 0 Å². The van der Waals surface area contributed by atoms with Gasteiger partial charge in [-0.1, -0.05) is 0 Å². The molecule has 0 aliphatic carbocycles. The maximum absolute atomic E-state index is 9.85. The number of aliphatic hydroxyl groups excluding tert-OH is 7. The van der Waals surface area contributed by atoms with Crippen molar-refractivity contribution in [2.24, 2.45) is 0 Å². The average molecular weight is 427 g/mol. The van der Waals surface area contributed by atoms with Crippen LogP contribution in [0.4, 0.5) is 0 Å². The molecule has 0 saturated carbocycles. The third-order valence-electron chi connectivity index (χ3n) is 5.00. The summed E-state index contributed by atoms with van der Waals surface area (Å²) in [6.07, 6.45) is -11.5. The number of rotatable bonds is 10. The topological polar surface area (TPSA) is 191 Å². The lowest BCUT2D eigenvalue weighted by molar-refractivity contribution is -0.301. The fourth-order valence-electron chi connectivity index (χ4n) is 3.13. The van der Waals surface area contributed by atoms with Gasteiger partial charge in [-0.2, -0.15) is 0 Å². The van der Waals surface area contributed by atoms with Gasteiger partial charge in [0.05, 0.1) is 25.9 Å². The Bertz CT molecular complexity index is 471. The van der Waals surface area contributed by atoms with Crippen molar-refractivity contribution in [3.63, 3.8) is 0 Å². The Morgan fingerprint density at radius 3 is 1.97 bits per heavy atom. The van der Waals surface area contributed by atoms with Crippen LogP contribution in [-0.2, 0) is 18.9 Å². The zero-order valence-corrected chi connectivity index (χ0v) is 16.3. The van der Waals surface area contributed by atoms with Crippen molar-refractivity contribution in [2.75, 3.05) is 32.9 Å². The van der Waals surface area contributed by atoms with Crippen molar-refractivity contribution in [1.82, 2.24) is 5.32 Å². The van der Waals surface area contributed by atoms with Crippen LogP contribution in [0.1, 0.15) is 13.3 Å². The first-order chi connectivity index (χ1) is 13.8. The maximum atomic E-state index is 9.85. The molecule has 172 valence electrons. The smallest absolute Gasteiger partial charge is 0.186 e. The van der Waals surface area contributed by atoms with Crippen LogP contribution in [0.25, 0.3) is 0 Å². The SMILES string of the molecule is C[C@@H]1O[C@@H](OCCNCCCO[C@H]2O[C@H](CO)[C@@H](O)[C@H](O)[C@@H]2O)[C@@H](O)[C@H](O)[C@@H]1O. The molecule has 2 heterocycles. The molecule has 0 radical (unpaired) electrons. The number of ether oxygens (including phenoxy) is 4. The molecule has 0 aromatic carbocycles. The summed E-state index contributed by atoms with van der Waals surface area (Å²) in [5, 5.41) is 70.6. The quantitative estimate of drug-likeness (QED) is 0.157. The van der Waals surface area contributed by atoms with E-state index in [-0.39, 0.29) is 13.2 Å². The van der Waals surface area contributed by atoms with Crippen LogP contribution in [0, 0.1) is 0 Å². The molecule has 2 saturated heterocycles. The Morgan fingerprint density at radius 2 is 1.31 bits per heavy atom. The number of aliphatic hydroxyl groups is 7. The van der Waals surface area contributed by atoms with Gasteiger partial charge in [-0.3, -0.25) is 0 Å². The molecule has 0 bridgehead atoms. The van der Waals surface area contributed by atoms with Gasteiger partial charge < -0.3 is 60.0 Å². The van der Waals surface area contributed by atoms with E-state index < -0.39 is 68.0 Å². The standard InChI is InChI=1S/C17H33NO11/c1-8-10(20)12(22)14(24)16(28-8)27-6-4-18-3-2-5-26-17-15(25)13(23)11(21)9(7-19)29-17/h8-25H,2-7H2,1H3/t8-,9+,10+,11+,12+,13-,14-,15-,16+,17-/m0/s1. The molecule has 29 heavy (non-hydrogen) atoms. The van der Waals surface area contributed by atoms with Crippen LogP contribution in [0.5, 0.6) is 0 Å². The molecule has 2 rings (SSSR count). The Balaban J connectivity index is 1.55. The highest BCUT2D eigenvalue weighted by molar-refractivity contribution is 4.89. The first-order valence-corrected chi connectivity index (χ1v) is 9.72. The molecule has 0 spiro atoms. The van der Waals surface area contributed by atoms with Gasteiger partial charge in [-0.15, -0.1) is 0 Å². The minimum absolute atomic E-state index is 0.197. The highest BCUT2D eigenvalue weighted by atomic mass is 16.7. The fourth-order valence-corrected chi connectivity index (χ4v) is 3.13. The van der Waals surface area contributed by atoms with Gasteiger partial charge in [0.25, 0.3) is 0 Å². The van der Waals surface area contributed by atoms with Gasteiger partial charge in [0, 0.05) is 6.54 Å². The van der Waals surface area contributed by atoms with Crippen molar-refractivity contribution < 1.29 is 54.7 Å². The molecule has 0 amide bonds. The molecule has 12 heteroatoms. The van der Waals surface area contributed by atoms with Gasteiger partial charge in [0.2, 0.25) is 0 Å². The highest BCUT2D eigenvalue weighted by Crippen LogP contribution is 2.22. The van der Waals surface area contributed by atoms with Crippen LogP contribution in [-0.4, -0.2) is 130 Å². The van der Waals surface area contributed by atoms with Crippen molar-refractivity contribution in [3.05, 3.63) is 0 Å². The maximum Gasteiger partial charge on any atom is 0.186 e. The Hall–Kier alpha value is -0.480. The van der Waals surface area contributed by atoms with Crippen LogP contribution < -0.4 is 5.32 Å². The van der Waals surface area contributed by atoms with E-state index in [1.54, 1.807) is 6.92 Å². The fraction of sp³-hybridized carbons (Fsp3) is 1.00. The predicted octanol–water partition coefficient (Wildman–Crippen LogP) is -4.37. The van der Waals surface area contributed by atoms with Crippen molar-refractivity contribution in [2.45, 2.75) is 74.8 Å². The average Bonchev–Trinajstić information content (AvgIpc) is 2.71. The second-order valence-electron chi connectivity index (χ2n) is 7.22. The zero-order chi connectivity index (χ0) is 21.6. The summed E-state index contributed by atoms with van der Waals surface area (Å²) in [5.41, 5.74) is 0. The normalized spacial score (nSPS) is 43.4. The number of nitrogens with one attached hydrogen (secondary N) is 1. The first-order valence-electron chi connectivity index (χ1n) is 9.72. The Labute approximate surface area is 168 Å². The van der Waals surface area contributed by atoms with Gasteiger partial charge in [0.1, 0.15) is 42.7 Å². The van der Waals surface area contributed by atoms with E-state index in [0.717, 1.165) is 0 Å². The lowest BCUT2D eigenvalue weighted by atomic mass is 9.99. The molecule has 10 atom stereocenters. The lowest BCUT2D eigenvalue weighted by Crippen LogP contribution is -2.59. The summed E-state index contributed by atoms with van der Waals surface area (Å²) in [6.45, 7) is 2.42. The lowest BCUT2D eigenvalue weighted by Gasteiger charge is -2.39. The Kier molecular flexibility index (Phi) is 10.1. The minimum atomic E-state index is -1.47.